The van der Waals surface area contributed by atoms with Crippen LogP contribution in [0, 0.1) is 5.82 Å². The van der Waals surface area contributed by atoms with Gasteiger partial charge in [-0.1, -0.05) is 42.5 Å². The van der Waals surface area contributed by atoms with Crippen molar-refractivity contribution in [2.24, 2.45) is 0 Å². The third-order valence-electron chi connectivity index (χ3n) is 2.88. The van der Waals surface area contributed by atoms with Crippen molar-refractivity contribution in [3.63, 3.8) is 0 Å². The molecule has 0 fully saturated rings. The lowest BCUT2D eigenvalue weighted by Gasteiger charge is -2.05. The van der Waals surface area contributed by atoms with Crippen molar-refractivity contribution >= 4 is 45.9 Å². The Hall–Kier alpha value is -2.20. The van der Waals surface area contributed by atoms with E-state index in [-0.39, 0.29) is 11.6 Å². The van der Waals surface area contributed by atoms with Gasteiger partial charge in [0.2, 0.25) is 11.0 Å². The van der Waals surface area contributed by atoms with Gasteiger partial charge in [-0.3, -0.25) is 10.1 Å². The number of benzene rings is 1. The van der Waals surface area contributed by atoms with Crippen molar-refractivity contribution in [2.75, 3.05) is 17.6 Å². The summed E-state index contributed by atoms with van der Waals surface area (Å²) in [6.07, 6.45) is 1.83. The number of rotatable bonds is 8. The maximum Gasteiger partial charge on any atom is 0.321 e. The average molecular weight is 383 g/mol. The number of hydrogen-bond donors (Lipinski definition) is 3. The number of thioether (sulfide) groups is 1. The van der Waals surface area contributed by atoms with Crippen molar-refractivity contribution in [1.29, 1.82) is 0 Å². The van der Waals surface area contributed by atoms with Crippen molar-refractivity contribution in [2.45, 2.75) is 24.1 Å². The van der Waals surface area contributed by atoms with E-state index in [0.717, 1.165) is 12.8 Å². The lowest BCUT2D eigenvalue weighted by molar-refractivity contribution is -0.117. The second-order valence-corrected chi connectivity index (χ2v) is 7.15. The van der Waals surface area contributed by atoms with Crippen LogP contribution < -0.4 is 16.0 Å². The highest BCUT2D eigenvalue weighted by Crippen LogP contribution is 2.27. The number of urea groups is 1. The summed E-state index contributed by atoms with van der Waals surface area (Å²) in [7, 11) is 0. The molecule has 134 valence electrons. The molecular weight excluding hydrogens is 365 g/mol. The van der Waals surface area contributed by atoms with E-state index in [4.69, 9.17) is 0 Å². The summed E-state index contributed by atoms with van der Waals surface area (Å²) >= 11 is 2.41. The second-order valence-electron chi connectivity index (χ2n) is 4.95. The van der Waals surface area contributed by atoms with Gasteiger partial charge in [-0.05, 0) is 24.6 Å². The Morgan fingerprint density at radius 3 is 2.92 bits per heavy atom. The minimum atomic E-state index is -0.496. The molecule has 0 aliphatic rings. The van der Waals surface area contributed by atoms with E-state index in [1.807, 2.05) is 6.92 Å². The Kier molecular flexibility index (Phi) is 7.61. The van der Waals surface area contributed by atoms with Crippen LogP contribution in [0.1, 0.15) is 19.8 Å². The van der Waals surface area contributed by atoms with Gasteiger partial charge in [0, 0.05) is 12.2 Å². The molecule has 25 heavy (non-hydrogen) atoms. The van der Waals surface area contributed by atoms with Crippen LogP contribution in [0.3, 0.4) is 0 Å². The van der Waals surface area contributed by atoms with Crippen LogP contribution in [0.25, 0.3) is 0 Å². The summed E-state index contributed by atoms with van der Waals surface area (Å²) < 4.78 is 13.7. The zero-order valence-corrected chi connectivity index (χ0v) is 15.2. The third kappa shape index (κ3) is 7.06. The lowest BCUT2D eigenvalue weighted by Crippen LogP contribution is -2.40. The van der Waals surface area contributed by atoms with Gasteiger partial charge in [-0.25, -0.2) is 9.18 Å². The van der Waals surface area contributed by atoms with Gasteiger partial charge in [-0.15, -0.1) is 10.2 Å². The first-order valence-corrected chi connectivity index (χ1v) is 9.43. The number of hydrogen-bond acceptors (Lipinski definition) is 7. The number of carbonyl (C=O) groups is 2. The molecule has 0 saturated heterocycles. The number of unbranched alkanes of at least 4 members (excludes halogenated alkanes) is 1. The van der Waals surface area contributed by atoms with Gasteiger partial charge in [-0.2, -0.15) is 0 Å². The van der Waals surface area contributed by atoms with E-state index in [0.29, 0.717) is 21.7 Å². The molecule has 0 aliphatic carbocycles. The Labute approximate surface area is 152 Å². The molecule has 0 spiro atoms. The summed E-state index contributed by atoms with van der Waals surface area (Å²) in [5, 5.41) is 16.2. The Morgan fingerprint density at radius 2 is 2.16 bits per heavy atom. The molecule has 1 aromatic heterocycles. The van der Waals surface area contributed by atoms with Gasteiger partial charge in [0.25, 0.3) is 0 Å². The fourth-order valence-corrected chi connectivity index (χ4v) is 3.29. The van der Waals surface area contributed by atoms with Crippen molar-refractivity contribution in [3.05, 3.63) is 30.1 Å². The molecular formula is C15H18FN5O2S2. The number of imide groups is 1. The van der Waals surface area contributed by atoms with Crippen LogP contribution in [0.5, 0.6) is 0 Å². The molecule has 0 unspecified atom stereocenters. The van der Waals surface area contributed by atoms with Crippen molar-refractivity contribution in [3.8, 4) is 0 Å². The van der Waals surface area contributed by atoms with Crippen LogP contribution >= 0.6 is 23.1 Å². The monoisotopic (exact) mass is 383 g/mol. The van der Waals surface area contributed by atoms with E-state index in [1.165, 1.54) is 35.2 Å². The Morgan fingerprint density at radius 1 is 1.32 bits per heavy atom. The normalized spacial score (nSPS) is 10.3. The molecule has 2 aromatic rings. The molecule has 10 heteroatoms. The van der Waals surface area contributed by atoms with Crippen molar-refractivity contribution in [1.82, 2.24) is 20.8 Å². The molecule has 3 amide bonds. The number of nitrogens with zero attached hydrogens (tertiary/aromatic N) is 2. The maximum atomic E-state index is 13.1. The number of aromatic nitrogens is 2. The van der Waals surface area contributed by atoms with Gasteiger partial charge in [0.15, 0.2) is 4.34 Å². The highest BCUT2D eigenvalue weighted by Gasteiger charge is 2.11. The van der Waals surface area contributed by atoms with Crippen LogP contribution in [0.2, 0.25) is 0 Å². The minimum absolute atomic E-state index is 0.0514. The molecule has 0 atom stereocenters. The molecule has 0 radical (unpaired) electrons. The third-order valence-corrected chi connectivity index (χ3v) is 4.85. The van der Waals surface area contributed by atoms with Gasteiger partial charge in [0.1, 0.15) is 5.82 Å². The SMILES string of the molecule is CCCCNC(=O)NC(=O)CSc1nnc(Nc2cccc(F)c2)s1. The molecule has 0 saturated carbocycles. The number of amides is 3. The van der Waals surface area contributed by atoms with E-state index in [9.17, 15) is 14.0 Å². The Bertz CT molecular complexity index is 725. The van der Waals surface area contributed by atoms with Crippen LogP contribution in [0.15, 0.2) is 28.6 Å². The quantitative estimate of drug-likeness (QED) is 0.479. The van der Waals surface area contributed by atoms with Crippen molar-refractivity contribution < 1.29 is 14.0 Å². The van der Waals surface area contributed by atoms with E-state index < -0.39 is 11.9 Å². The summed E-state index contributed by atoms with van der Waals surface area (Å²) in [5.74, 6) is -0.706. The van der Waals surface area contributed by atoms with E-state index in [2.05, 4.69) is 26.1 Å². The molecule has 3 N–H and O–H groups in total. The zero-order valence-electron chi connectivity index (χ0n) is 13.5. The highest BCUT2D eigenvalue weighted by atomic mass is 32.2. The van der Waals surface area contributed by atoms with Crippen LogP contribution in [-0.2, 0) is 4.79 Å². The first-order valence-electron chi connectivity index (χ1n) is 7.63. The first-order chi connectivity index (χ1) is 12.1. The van der Waals surface area contributed by atoms with Crippen LogP contribution in [0.4, 0.5) is 20.0 Å². The summed E-state index contributed by atoms with van der Waals surface area (Å²) in [6, 6.07) is 5.50. The van der Waals surface area contributed by atoms with E-state index in [1.54, 1.807) is 12.1 Å². The van der Waals surface area contributed by atoms with Crippen LogP contribution in [-0.4, -0.2) is 34.4 Å². The molecule has 1 heterocycles. The topological polar surface area (TPSA) is 96.0 Å². The fraction of sp³-hybridized carbons (Fsp3) is 0.333. The molecule has 2 rings (SSSR count). The molecule has 7 nitrogen and oxygen atoms in total. The predicted molar refractivity (Wildman–Crippen MR) is 96.8 cm³/mol. The summed E-state index contributed by atoms with van der Waals surface area (Å²) in [6.45, 7) is 2.55. The molecule has 1 aromatic carbocycles. The second kappa shape index (κ2) is 9.94. The van der Waals surface area contributed by atoms with Gasteiger partial charge < -0.3 is 10.6 Å². The molecule has 0 aliphatic heterocycles. The number of nitrogens with one attached hydrogen (secondary N) is 3. The predicted octanol–water partition coefficient (Wildman–Crippen LogP) is 3.14. The number of carbonyl (C=O) groups excluding carboxylic acids is 2. The first kappa shape index (κ1) is 19.1. The summed E-state index contributed by atoms with van der Waals surface area (Å²) in [5.41, 5.74) is 0.564. The highest BCUT2D eigenvalue weighted by molar-refractivity contribution is 8.01. The van der Waals surface area contributed by atoms with E-state index >= 15 is 0 Å². The minimum Gasteiger partial charge on any atom is -0.338 e. The molecule has 0 bridgehead atoms. The largest absolute Gasteiger partial charge is 0.338 e. The zero-order chi connectivity index (χ0) is 18.1. The maximum absolute atomic E-state index is 13.1. The smallest absolute Gasteiger partial charge is 0.321 e. The fourth-order valence-electron chi connectivity index (χ4n) is 1.72. The summed E-state index contributed by atoms with van der Waals surface area (Å²) in [4.78, 5) is 23.2. The van der Waals surface area contributed by atoms with Gasteiger partial charge in [0.05, 0.1) is 5.75 Å². The Balaban J connectivity index is 1.75. The average Bonchev–Trinajstić information content (AvgIpc) is 3.01. The standard InChI is InChI=1S/C15H18FN5O2S2/c1-2-3-7-17-13(23)19-12(22)9-24-15-21-20-14(25-15)18-11-6-4-5-10(16)8-11/h4-6,8H,2-3,7,9H2,1H3,(H,18,20)(H2,17,19,22,23). The number of anilines is 2. The lowest BCUT2D eigenvalue weighted by atomic mass is 10.3. The van der Waals surface area contributed by atoms with Gasteiger partial charge >= 0.3 is 6.03 Å². The number of halogens is 1.